The lowest BCUT2D eigenvalue weighted by Gasteiger charge is -2.23. The molecule has 6 nitrogen and oxygen atoms in total. The number of hydrogen-bond donors (Lipinski definition) is 2. The molecule has 0 heterocycles. The quantitative estimate of drug-likeness (QED) is 0.530. The highest BCUT2D eigenvalue weighted by Crippen LogP contribution is 2.09. The molecule has 1 atom stereocenters. The summed E-state index contributed by atoms with van der Waals surface area (Å²) in [4.78, 5) is 23.8. The van der Waals surface area contributed by atoms with E-state index in [1.165, 1.54) is 0 Å². The summed E-state index contributed by atoms with van der Waals surface area (Å²) in [5.74, 6) is -0.325. The van der Waals surface area contributed by atoms with Gasteiger partial charge in [-0.3, -0.25) is 4.79 Å². The van der Waals surface area contributed by atoms with Gasteiger partial charge in [0, 0.05) is 19.1 Å². The zero-order valence-corrected chi connectivity index (χ0v) is 15.2. The van der Waals surface area contributed by atoms with E-state index in [2.05, 4.69) is 17.2 Å². The molecule has 0 radical (unpaired) electrons. The lowest BCUT2D eigenvalue weighted by atomic mass is 10.1. The number of amides is 1. The lowest BCUT2D eigenvalue weighted by Crippen LogP contribution is -2.43. The van der Waals surface area contributed by atoms with Crippen LogP contribution in [-0.2, 0) is 20.9 Å². The third kappa shape index (κ3) is 10.2. The van der Waals surface area contributed by atoms with Crippen LogP contribution in [0.4, 0.5) is 4.79 Å². The molecule has 0 aliphatic heterocycles. The first kappa shape index (κ1) is 20.7. The van der Waals surface area contributed by atoms with Crippen LogP contribution in [0.3, 0.4) is 0 Å². The van der Waals surface area contributed by atoms with Gasteiger partial charge >= 0.3 is 12.1 Å². The predicted molar refractivity (Wildman–Crippen MR) is 97.1 cm³/mol. The maximum absolute atomic E-state index is 12.0. The molecule has 1 amide bonds. The highest BCUT2D eigenvalue weighted by atomic mass is 16.6. The number of hydrogen-bond acceptors (Lipinski definition) is 5. The van der Waals surface area contributed by atoms with Crippen molar-refractivity contribution in [1.29, 1.82) is 0 Å². The van der Waals surface area contributed by atoms with E-state index in [-0.39, 0.29) is 31.6 Å². The molecule has 138 valence electrons. The predicted octanol–water partition coefficient (Wildman–Crippen LogP) is 2.79. The lowest BCUT2D eigenvalue weighted by molar-refractivity contribution is -0.155. The fourth-order valence-corrected chi connectivity index (χ4v) is 2.03. The third-order valence-corrected chi connectivity index (χ3v) is 3.09. The van der Waals surface area contributed by atoms with Gasteiger partial charge in [0.15, 0.2) is 0 Å². The van der Waals surface area contributed by atoms with E-state index >= 15 is 0 Å². The number of rotatable bonds is 9. The number of alkyl carbamates (subject to hydrolysis) is 1. The SMILES string of the molecule is C=CCNC(CNC(=O)OCc1ccccc1)CC(=O)OC(C)(C)C. The second-order valence-corrected chi connectivity index (χ2v) is 6.63. The summed E-state index contributed by atoms with van der Waals surface area (Å²) in [6.45, 7) is 10.1. The molecule has 1 aromatic rings. The van der Waals surface area contributed by atoms with Crippen LogP contribution in [0.2, 0.25) is 0 Å². The van der Waals surface area contributed by atoms with E-state index in [4.69, 9.17) is 9.47 Å². The average Bonchev–Trinajstić information content (AvgIpc) is 2.54. The Morgan fingerprint density at radius 3 is 2.52 bits per heavy atom. The van der Waals surface area contributed by atoms with Crippen LogP contribution in [0, 0.1) is 0 Å². The van der Waals surface area contributed by atoms with Crippen LogP contribution in [0.5, 0.6) is 0 Å². The van der Waals surface area contributed by atoms with Gasteiger partial charge in [-0.05, 0) is 26.3 Å². The molecule has 0 fully saturated rings. The van der Waals surface area contributed by atoms with Crippen LogP contribution in [0.15, 0.2) is 43.0 Å². The van der Waals surface area contributed by atoms with Crippen molar-refractivity contribution < 1.29 is 19.1 Å². The molecule has 0 saturated carbocycles. The van der Waals surface area contributed by atoms with Gasteiger partial charge in [-0.15, -0.1) is 6.58 Å². The summed E-state index contributed by atoms with van der Waals surface area (Å²) in [6.07, 6.45) is 1.30. The van der Waals surface area contributed by atoms with Crippen LogP contribution < -0.4 is 10.6 Å². The maximum Gasteiger partial charge on any atom is 0.407 e. The summed E-state index contributed by atoms with van der Waals surface area (Å²) < 4.78 is 10.5. The van der Waals surface area contributed by atoms with Crippen LogP contribution in [0.25, 0.3) is 0 Å². The molecule has 0 saturated heterocycles. The van der Waals surface area contributed by atoms with Gasteiger partial charge in [0.2, 0.25) is 0 Å². The van der Waals surface area contributed by atoms with E-state index in [9.17, 15) is 9.59 Å². The minimum Gasteiger partial charge on any atom is -0.460 e. The summed E-state index contributed by atoms with van der Waals surface area (Å²) in [7, 11) is 0. The zero-order valence-electron chi connectivity index (χ0n) is 15.2. The molecule has 0 spiro atoms. The Hall–Kier alpha value is -2.34. The van der Waals surface area contributed by atoms with Crippen molar-refractivity contribution in [2.75, 3.05) is 13.1 Å². The van der Waals surface area contributed by atoms with E-state index in [1.807, 2.05) is 51.1 Å². The Kier molecular flexibility index (Phi) is 8.70. The Balaban J connectivity index is 2.41. The number of esters is 1. The monoisotopic (exact) mass is 348 g/mol. The fraction of sp³-hybridized carbons (Fsp3) is 0.474. The van der Waals surface area contributed by atoms with Crippen molar-refractivity contribution in [3.63, 3.8) is 0 Å². The Labute approximate surface area is 149 Å². The number of benzene rings is 1. The Bertz CT molecular complexity index is 552. The molecule has 0 aromatic heterocycles. The topological polar surface area (TPSA) is 76.7 Å². The van der Waals surface area contributed by atoms with E-state index in [0.29, 0.717) is 6.54 Å². The highest BCUT2D eigenvalue weighted by Gasteiger charge is 2.20. The number of carbonyl (C=O) groups excluding carboxylic acids is 2. The molecule has 0 aliphatic rings. The summed E-state index contributed by atoms with van der Waals surface area (Å²) >= 11 is 0. The molecular formula is C19H28N2O4. The van der Waals surface area contributed by atoms with Crippen LogP contribution >= 0.6 is 0 Å². The molecule has 1 rings (SSSR count). The van der Waals surface area contributed by atoms with Gasteiger partial charge in [0.05, 0.1) is 6.42 Å². The first-order chi connectivity index (χ1) is 11.8. The normalized spacial score (nSPS) is 12.1. The summed E-state index contributed by atoms with van der Waals surface area (Å²) in [5.41, 5.74) is 0.370. The van der Waals surface area contributed by atoms with Crippen molar-refractivity contribution in [3.8, 4) is 0 Å². The smallest absolute Gasteiger partial charge is 0.407 e. The number of nitrogens with one attached hydrogen (secondary N) is 2. The summed E-state index contributed by atoms with van der Waals surface area (Å²) in [5, 5.41) is 5.79. The fourth-order valence-electron chi connectivity index (χ4n) is 2.03. The molecule has 0 aliphatic carbocycles. The van der Waals surface area contributed by atoms with Gasteiger partial charge in [0.25, 0.3) is 0 Å². The van der Waals surface area contributed by atoms with Gasteiger partial charge in [-0.2, -0.15) is 0 Å². The van der Waals surface area contributed by atoms with Crippen molar-refractivity contribution in [3.05, 3.63) is 48.6 Å². The van der Waals surface area contributed by atoms with Crippen molar-refractivity contribution in [2.45, 2.75) is 45.4 Å². The zero-order chi connectivity index (χ0) is 18.7. The van der Waals surface area contributed by atoms with Gasteiger partial charge in [-0.1, -0.05) is 36.4 Å². The van der Waals surface area contributed by atoms with Crippen molar-refractivity contribution >= 4 is 12.1 Å². The van der Waals surface area contributed by atoms with Gasteiger partial charge < -0.3 is 20.1 Å². The molecule has 1 aromatic carbocycles. The van der Waals surface area contributed by atoms with E-state index in [0.717, 1.165) is 5.56 Å². The standard InChI is InChI=1S/C19H28N2O4/c1-5-11-20-16(12-17(22)25-19(2,3)4)13-21-18(23)24-14-15-9-7-6-8-10-15/h5-10,16,20H,1,11-14H2,2-4H3,(H,21,23). The second kappa shape index (κ2) is 10.5. The minimum absolute atomic E-state index is 0.143. The molecule has 25 heavy (non-hydrogen) atoms. The molecule has 2 N–H and O–H groups in total. The molecule has 0 bridgehead atoms. The first-order valence-electron chi connectivity index (χ1n) is 8.31. The third-order valence-electron chi connectivity index (χ3n) is 3.09. The Morgan fingerprint density at radius 2 is 1.92 bits per heavy atom. The molecule has 1 unspecified atom stereocenters. The molecular weight excluding hydrogens is 320 g/mol. The van der Waals surface area contributed by atoms with E-state index < -0.39 is 11.7 Å². The maximum atomic E-state index is 12.0. The molecule has 6 heteroatoms. The van der Waals surface area contributed by atoms with Crippen molar-refractivity contribution in [2.24, 2.45) is 0 Å². The van der Waals surface area contributed by atoms with Gasteiger partial charge in [0.1, 0.15) is 12.2 Å². The van der Waals surface area contributed by atoms with Crippen LogP contribution in [0.1, 0.15) is 32.8 Å². The minimum atomic E-state index is -0.540. The van der Waals surface area contributed by atoms with E-state index in [1.54, 1.807) is 6.08 Å². The van der Waals surface area contributed by atoms with Gasteiger partial charge in [-0.25, -0.2) is 4.79 Å². The van der Waals surface area contributed by atoms with Crippen molar-refractivity contribution in [1.82, 2.24) is 10.6 Å². The second-order valence-electron chi connectivity index (χ2n) is 6.63. The highest BCUT2D eigenvalue weighted by molar-refractivity contribution is 5.71. The number of carbonyl (C=O) groups is 2. The summed E-state index contributed by atoms with van der Waals surface area (Å²) in [6, 6.07) is 9.15. The van der Waals surface area contributed by atoms with Crippen LogP contribution in [-0.4, -0.2) is 36.8 Å². The number of ether oxygens (including phenoxy) is 2. The first-order valence-corrected chi connectivity index (χ1v) is 8.31. The Morgan fingerprint density at radius 1 is 1.24 bits per heavy atom. The average molecular weight is 348 g/mol. The largest absolute Gasteiger partial charge is 0.460 e.